The zero-order valence-corrected chi connectivity index (χ0v) is 7.44. The summed E-state index contributed by atoms with van der Waals surface area (Å²) in [5.74, 6) is 0.371. The third-order valence-electron chi connectivity index (χ3n) is 1.95. The summed E-state index contributed by atoms with van der Waals surface area (Å²) in [5, 5.41) is 4.08. The molecule has 5 nitrogen and oxygen atoms in total. The van der Waals surface area contributed by atoms with Gasteiger partial charge in [0.15, 0.2) is 5.65 Å². The first-order valence-corrected chi connectivity index (χ1v) is 4.17. The van der Waals surface area contributed by atoms with Crippen LogP contribution >= 0.6 is 0 Å². The molecule has 6 heteroatoms. The first-order chi connectivity index (χ1) is 6.72. The molecule has 74 valence electrons. The summed E-state index contributed by atoms with van der Waals surface area (Å²) in [6, 6.07) is 1.61. The summed E-state index contributed by atoms with van der Waals surface area (Å²) >= 11 is 0. The fourth-order valence-electron chi connectivity index (χ4n) is 1.28. The minimum Gasteiger partial charge on any atom is -0.394 e. The molecule has 2 rings (SSSR count). The Morgan fingerprint density at radius 1 is 1.43 bits per heavy atom. The van der Waals surface area contributed by atoms with Crippen LogP contribution in [-0.2, 0) is 6.42 Å². The quantitative estimate of drug-likeness (QED) is 0.726. The van der Waals surface area contributed by atoms with Crippen molar-refractivity contribution < 1.29 is 4.39 Å². The van der Waals surface area contributed by atoms with Gasteiger partial charge in [-0.05, 0) is 6.07 Å². The molecule has 0 atom stereocenters. The number of alkyl halides is 1. The summed E-state index contributed by atoms with van der Waals surface area (Å²) < 4.78 is 13.6. The van der Waals surface area contributed by atoms with E-state index in [1.807, 2.05) is 0 Å². The van der Waals surface area contributed by atoms with Crippen molar-refractivity contribution in [3.8, 4) is 0 Å². The SMILES string of the molecule is Nc1ccn2nc(CCF)c(N)c2n1. The largest absolute Gasteiger partial charge is 0.394 e. The van der Waals surface area contributed by atoms with Gasteiger partial charge in [0.25, 0.3) is 0 Å². The predicted octanol–water partition coefficient (Wildman–Crippen LogP) is 0.406. The van der Waals surface area contributed by atoms with Crippen LogP contribution in [0, 0.1) is 0 Å². The van der Waals surface area contributed by atoms with E-state index in [9.17, 15) is 4.39 Å². The summed E-state index contributed by atoms with van der Waals surface area (Å²) in [4.78, 5) is 4.01. The first-order valence-electron chi connectivity index (χ1n) is 4.17. The number of aryl methyl sites for hydroxylation is 1. The predicted molar refractivity (Wildman–Crippen MR) is 51.5 cm³/mol. The minimum absolute atomic E-state index is 0.203. The highest BCUT2D eigenvalue weighted by Crippen LogP contribution is 2.17. The van der Waals surface area contributed by atoms with Crippen LogP contribution in [0.25, 0.3) is 5.65 Å². The highest BCUT2D eigenvalue weighted by atomic mass is 19.1. The monoisotopic (exact) mass is 195 g/mol. The van der Waals surface area contributed by atoms with E-state index in [1.54, 1.807) is 12.3 Å². The Labute approximate surface area is 79.5 Å². The number of aromatic nitrogens is 3. The smallest absolute Gasteiger partial charge is 0.180 e. The van der Waals surface area contributed by atoms with Gasteiger partial charge in [-0.2, -0.15) is 5.10 Å². The van der Waals surface area contributed by atoms with Crippen LogP contribution in [-0.4, -0.2) is 21.3 Å². The first kappa shape index (κ1) is 8.74. The van der Waals surface area contributed by atoms with E-state index in [1.165, 1.54) is 4.52 Å². The molecule has 0 saturated carbocycles. The molecule has 2 aromatic rings. The lowest BCUT2D eigenvalue weighted by Gasteiger charge is -1.93. The van der Waals surface area contributed by atoms with E-state index >= 15 is 0 Å². The molecule has 0 aliphatic carbocycles. The molecular formula is C8H10FN5. The maximum atomic E-state index is 12.1. The van der Waals surface area contributed by atoms with Crippen LogP contribution in [0.4, 0.5) is 15.9 Å². The van der Waals surface area contributed by atoms with Crippen molar-refractivity contribution in [1.82, 2.24) is 14.6 Å². The molecule has 0 bridgehead atoms. The van der Waals surface area contributed by atoms with E-state index in [0.717, 1.165) is 0 Å². The molecule has 2 heterocycles. The second-order valence-corrected chi connectivity index (χ2v) is 2.92. The lowest BCUT2D eigenvalue weighted by atomic mass is 10.3. The Morgan fingerprint density at radius 3 is 2.93 bits per heavy atom. The molecule has 0 saturated heterocycles. The Kier molecular flexibility index (Phi) is 1.95. The lowest BCUT2D eigenvalue weighted by Crippen LogP contribution is -1.95. The van der Waals surface area contributed by atoms with Crippen molar-refractivity contribution >= 4 is 17.2 Å². The van der Waals surface area contributed by atoms with Gasteiger partial charge in [0.2, 0.25) is 0 Å². The van der Waals surface area contributed by atoms with Gasteiger partial charge < -0.3 is 11.5 Å². The van der Waals surface area contributed by atoms with Gasteiger partial charge in [-0.15, -0.1) is 0 Å². The maximum Gasteiger partial charge on any atom is 0.180 e. The molecule has 0 aliphatic rings. The molecule has 14 heavy (non-hydrogen) atoms. The molecule has 0 amide bonds. The van der Waals surface area contributed by atoms with Crippen molar-refractivity contribution in [2.24, 2.45) is 0 Å². The molecule has 4 N–H and O–H groups in total. The van der Waals surface area contributed by atoms with Crippen molar-refractivity contribution in [3.63, 3.8) is 0 Å². The number of nitrogens with zero attached hydrogens (tertiary/aromatic N) is 3. The number of nitrogen functional groups attached to an aromatic ring is 2. The number of hydrogen-bond acceptors (Lipinski definition) is 4. The third-order valence-corrected chi connectivity index (χ3v) is 1.95. The van der Waals surface area contributed by atoms with Gasteiger partial charge in [-0.1, -0.05) is 0 Å². The zero-order chi connectivity index (χ0) is 10.1. The van der Waals surface area contributed by atoms with E-state index in [-0.39, 0.29) is 6.42 Å². The van der Waals surface area contributed by atoms with Crippen molar-refractivity contribution in [1.29, 1.82) is 0 Å². The standard InChI is InChI=1S/C8H10FN5/c9-3-1-5-7(11)8-12-6(10)2-4-14(8)13-5/h2,4H,1,3,11H2,(H2,10,12). The van der Waals surface area contributed by atoms with Crippen molar-refractivity contribution in [2.45, 2.75) is 6.42 Å². The van der Waals surface area contributed by atoms with Gasteiger partial charge in [-0.3, -0.25) is 4.39 Å². The number of nitrogens with two attached hydrogens (primary N) is 2. The van der Waals surface area contributed by atoms with Gasteiger partial charge in [0, 0.05) is 12.6 Å². The molecule has 0 radical (unpaired) electrons. The molecule has 2 aromatic heterocycles. The summed E-state index contributed by atoms with van der Waals surface area (Å²) in [6.45, 7) is -0.483. The normalized spacial score (nSPS) is 10.9. The Morgan fingerprint density at radius 2 is 2.21 bits per heavy atom. The highest BCUT2D eigenvalue weighted by Gasteiger charge is 2.10. The Hall–Kier alpha value is -1.85. The number of anilines is 2. The maximum absolute atomic E-state index is 12.1. The lowest BCUT2D eigenvalue weighted by molar-refractivity contribution is 0.491. The topological polar surface area (TPSA) is 82.2 Å². The number of hydrogen-bond donors (Lipinski definition) is 2. The third kappa shape index (κ3) is 1.24. The minimum atomic E-state index is -0.483. The summed E-state index contributed by atoms with van der Waals surface area (Å²) in [7, 11) is 0. The van der Waals surface area contributed by atoms with Crippen LogP contribution in [0.5, 0.6) is 0 Å². The van der Waals surface area contributed by atoms with E-state index < -0.39 is 6.67 Å². The fourth-order valence-corrected chi connectivity index (χ4v) is 1.28. The van der Waals surface area contributed by atoms with Crippen LogP contribution in [0.15, 0.2) is 12.3 Å². The molecule has 0 unspecified atom stereocenters. The van der Waals surface area contributed by atoms with Gasteiger partial charge in [0.1, 0.15) is 11.5 Å². The molecule has 0 aliphatic heterocycles. The second-order valence-electron chi connectivity index (χ2n) is 2.92. The summed E-state index contributed by atoms with van der Waals surface area (Å²) in [6.07, 6.45) is 1.85. The number of rotatable bonds is 2. The second kappa shape index (κ2) is 3.13. The van der Waals surface area contributed by atoms with E-state index in [0.29, 0.717) is 22.8 Å². The number of halogens is 1. The molecule has 0 spiro atoms. The van der Waals surface area contributed by atoms with E-state index in [2.05, 4.69) is 10.1 Å². The van der Waals surface area contributed by atoms with Gasteiger partial charge in [0.05, 0.1) is 12.4 Å². The van der Waals surface area contributed by atoms with Crippen molar-refractivity contribution in [3.05, 3.63) is 18.0 Å². The van der Waals surface area contributed by atoms with Crippen LogP contribution in [0.3, 0.4) is 0 Å². The average molecular weight is 195 g/mol. The fraction of sp³-hybridized carbons (Fsp3) is 0.250. The van der Waals surface area contributed by atoms with Crippen LogP contribution in [0.2, 0.25) is 0 Å². The van der Waals surface area contributed by atoms with Gasteiger partial charge >= 0.3 is 0 Å². The van der Waals surface area contributed by atoms with Crippen LogP contribution in [0.1, 0.15) is 5.69 Å². The van der Waals surface area contributed by atoms with E-state index in [4.69, 9.17) is 11.5 Å². The summed E-state index contributed by atoms with van der Waals surface area (Å²) in [5.41, 5.74) is 12.6. The number of fused-ring (bicyclic) bond motifs is 1. The highest BCUT2D eigenvalue weighted by molar-refractivity contribution is 5.68. The average Bonchev–Trinajstić information content (AvgIpc) is 2.46. The Balaban J connectivity index is 2.62. The zero-order valence-electron chi connectivity index (χ0n) is 7.44. The molecule has 0 fully saturated rings. The Bertz CT molecular complexity index is 464. The van der Waals surface area contributed by atoms with Crippen molar-refractivity contribution in [2.75, 3.05) is 18.1 Å². The van der Waals surface area contributed by atoms with Crippen LogP contribution < -0.4 is 11.5 Å². The van der Waals surface area contributed by atoms with Gasteiger partial charge in [-0.25, -0.2) is 9.50 Å². The molecule has 0 aromatic carbocycles. The molecular weight excluding hydrogens is 185 g/mol.